The second-order valence-electron chi connectivity index (χ2n) is 4.85. The second-order valence-corrected chi connectivity index (χ2v) is 4.85. The lowest BCUT2D eigenvalue weighted by molar-refractivity contribution is 0.473. The Balaban J connectivity index is 2.01. The van der Waals surface area contributed by atoms with E-state index >= 15 is 0 Å². The van der Waals surface area contributed by atoms with Crippen molar-refractivity contribution in [3.05, 3.63) is 71.8 Å². The molecule has 0 fully saturated rings. The molecule has 0 amide bonds. The highest BCUT2D eigenvalue weighted by Gasteiger charge is 2.19. The number of rotatable bonds is 2. The average molecular weight is 264 g/mol. The van der Waals surface area contributed by atoms with Crippen LogP contribution in [0.3, 0.4) is 0 Å². The Morgan fingerprint density at radius 2 is 1.70 bits per heavy atom. The van der Waals surface area contributed by atoms with E-state index in [0.29, 0.717) is 0 Å². The number of hydrogen-bond acceptors (Lipinski definition) is 3. The van der Waals surface area contributed by atoms with E-state index in [4.69, 9.17) is 0 Å². The molecule has 1 unspecified atom stereocenters. The lowest BCUT2D eigenvalue weighted by atomic mass is 9.92. The van der Waals surface area contributed by atoms with E-state index in [1.807, 2.05) is 43.3 Å². The van der Waals surface area contributed by atoms with E-state index in [2.05, 4.69) is 28.7 Å². The smallest absolute Gasteiger partial charge is 0.124 e. The van der Waals surface area contributed by atoms with Gasteiger partial charge in [-0.05, 0) is 30.7 Å². The summed E-state index contributed by atoms with van der Waals surface area (Å²) in [5.41, 5.74) is 6.83. The highest BCUT2D eigenvalue weighted by molar-refractivity contribution is 5.94. The van der Waals surface area contributed by atoms with E-state index in [1.165, 1.54) is 5.56 Å². The van der Waals surface area contributed by atoms with Gasteiger partial charge < -0.3 is 5.11 Å². The van der Waals surface area contributed by atoms with Crippen LogP contribution in [-0.2, 0) is 0 Å². The number of phenolic OH excluding ortho intramolecular Hbond substituents is 1. The lowest BCUT2D eigenvalue weighted by Crippen LogP contribution is -2.19. The van der Waals surface area contributed by atoms with Crippen LogP contribution in [0, 0.1) is 0 Å². The van der Waals surface area contributed by atoms with Gasteiger partial charge in [0.25, 0.3) is 0 Å². The summed E-state index contributed by atoms with van der Waals surface area (Å²) in [5.74, 6) is 0.389. The molecule has 1 aliphatic rings. The van der Waals surface area contributed by atoms with Crippen molar-refractivity contribution in [1.29, 1.82) is 0 Å². The van der Waals surface area contributed by atoms with Crippen molar-refractivity contribution in [1.82, 2.24) is 5.43 Å². The minimum Gasteiger partial charge on any atom is -0.507 e. The first-order chi connectivity index (χ1) is 9.75. The fourth-order valence-corrected chi connectivity index (χ4v) is 2.39. The molecule has 100 valence electrons. The maximum absolute atomic E-state index is 9.96. The molecule has 20 heavy (non-hydrogen) atoms. The number of phenols is 1. The molecule has 2 N–H and O–H groups in total. The Labute approximate surface area is 118 Å². The molecule has 1 aliphatic heterocycles. The van der Waals surface area contributed by atoms with Crippen LogP contribution in [0.4, 0.5) is 0 Å². The summed E-state index contributed by atoms with van der Waals surface area (Å²) in [4.78, 5) is 0. The molecule has 2 aromatic rings. The predicted octanol–water partition coefficient (Wildman–Crippen LogP) is 3.50. The highest BCUT2D eigenvalue weighted by Crippen LogP contribution is 2.30. The zero-order chi connectivity index (χ0) is 13.9. The van der Waals surface area contributed by atoms with E-state index in [-0.39, 0.29) is 11.7 Å². The zero-order valence-corrected chi connectivity index (χ0v) is 11.2. The third-order valence-corrected chi connectivity index (χ3v) is 3.49. The predicted molar refractivity (Wildman–Crippen MR) is 81.5 cm³/mol. The van der Waals surface area contributed by atoms with Crippen LogP contribution in [0.1, 0.15) is 24.0 Å². The molecule has 1 atom stereocenters. The number of nitrogens with zero attached hydrogens (tertiary/aromatic N) is 1. The van der Waals surface area contributed by atoms with Crippen molar-refractivity contribution in [2.45, 2.75) is 12.8 Å². The SMILES string of the molecule is CC1=NNC(c2ccccc2O)=CC1c1ccccc1. The fourth-order valence-electron chi connectivity index (χ4n) is 2.39. The molecule has 3 rings (SSSR count). The lowest BCUT2D eigenvalue weighted by Gasteiger charge is -2.21. The molecule has 0 radical (unpaired) electrons. The van der Waals surface area contributed by atoms with E-state index in [0.717, 1.165) is 17.0 Å². The van der Waals surface area contributed by atoms with Crippen LogP contribution in [0.5, 0.6) is 5.75 Å². The third kappa shape index (κ3) is 2.30. The van der Waals surface area contributed by atoms with Gasteiger partial charge in [-0.3, -0.25) is 5.43 Å². The van der Waals surface area contributed by atoms with Gasteiger partial charge in [-0.1, -0.05) is 42.5 Å². The third-order valence-electron chi connectivity index (χ3n) is 3.49. The van der Waals surface area contributed by atoms with Crippen molar-refractivity contribution in [2.24, 2.45) is 5.10 Å². The summed E-state index contributed by atoms with van der Waals surface area (Å²) >= 11 is 0. The first-order valence-electron chi connectivity index (χ1n) is 6.61. The molecule has 0 saturated heterocycles. The number of nitrogens with one attached hydrogen (secondary N) is 1. The second kappa shape index (κ2) is 5.21. The molecule has 0 aliphatic carbocycles. The molecular formula is C17H16N2O. The molecule has 0 aromatic heterocycles. The number of para-hydroxylation sites is 1. The van der Waals surface area contributed by atoms with E-state index < -0.39 is 0 Å². The van der Waals surface area contributed by atoms with Gasteiger partial charge in [-0.25, -0.2) is 0 Å². The van der Waals surface area contributed by atoms with Gasteiger partial charge in [-0.2, -0.15) is 5.10 Å². The van der Waals surface area contributed by atoms with Crippen molar-refractivity contribution < 1.29 is 5.11 Å². The average Bonchev–Trinajstić information content (AvgIpc) is 2.49. The number of hydrazone groups is 1. The number of aromatic hydroxyl groups is 1. The van der Waals surface area contributed by atoms with E-state index in [1.54, 1.807) is 6.07 Å². The van der Waals surface area contributed by atoms with Gasteiger partial charge in [0.1, 0.15) is 5.75 Å². The van der Waals surface area contributed by atoms with Crippen LogP contribution in [0.2, 0.25) is 0 Å². The van der Waals surface area contributed by atoms with Crippen LogP contribution < -0.4 is 5.43 Å². The Hall–Kier alpha value is -2.55. The van der Waals surface area contributed by atoms with Crippen LogP contribution >= 0.6 is 0 Å². The van der Waals surface area contributed by atoms with Gasteiger partial charge >= 0.3 is 0 Å². The summed E-state index contributed by atoms with van der Waals surface area (Å²) < 4.78 is 0. The van der Waals surface area contributed by atoms with Crippen molar-refractivity contribution >= 4 is 11.4 Å². The van der Waals surface area contributed by atoms with Crippen LogP contribution in [0.25, 0.3) is 5.70 Å². The monoisotopic (exact) mass is 264 g/mol. The minimum atomic E-state index is 0.132. The van der Waals surface area contributed by atoms with Crippen molar-refractivity contribution in [3.63, 3.8) is 0 Å². The standard InChI is InChI=1S/C17H16N2O/c1-12-15(13-7-3-2-4-8-13)11-16(19-18-12)14-9-5-6-10-17(14)20/h2-11,15,19-20H,1H3. The number of benzene rings is 2. The highest BCUT2D eigenvalue weighted by atomic mass is 16.3. The summed E-state index contributed by atoms with van der Waals surface area (Å²) in [7, 11) is 0. The molecule has 1 heterocycles. The first kappa shape index (κ1) is 12.5. The van der Waals surface area contributed by atoms with Crippen LogP contribution in [-0.4, -0.2) is 10.8 Å². The fraction of sp³-hybridized carbons (Fsp3) is 0.118. The topological polar surface area (TPSA) is 44.6 Å². The molecule has 0 saturated carbocycles. The maximum atomic E-state index is 9.96. The van der Waals surface area contributed by atoms with Crippen LogP contribution in [0.15, 0.2) is 65.8 Å². The summed E-state index contributed by atoms with van der Waals surface area (Å²) in [6, 6.07) is 17.5. The van der Waals surface area contributed by atoms with Gasteiger partial charge in [0.05, 0.1) is 5.70 Å². The zero-order valence-electron chi connectivity index (χ0n) is 11.2. The van der Waals surface area contributed by atoms with Crippen molar-refractivity contribution in [2.75, 3.05) is 0 Å². The molecule has 3 heteroatoms. The Morgan fingerprint density at radius 1 is 1.00 bits per heavy atom. The largest absolute Gasteiger partial charge is 0.507 e. The molecule has 0 bridgehead atoms. The summed E-state index contributed by atoms with van der Waals surface area (Å²) in [6.07, 6.45) is 2.10. The number of allylic oxidation sites excluding steroid dienone is 1. The normalized spacial score (nSPS) is 17.9. The molecule has 2 aromatic carbocycles. The number of hydrogen-bond donors (Lipinski definition) is 2. The summed E-state index contributed by atoms with van der Waals surface area (Å²) in [6.45, 7) is 2.00. The van der Waals surface area contributed by atoms with Gasteiger partial charge in [0.2, 0.25) is 0 Å². The molecule has 0 spiro atoms. The van der Waals surface area contributed by atoms with E-state index in [9.17, 15) is 5.11 Å². The quantitative estimate of drug-likeness (QED) is 0.872. The van der Waals surface area contributed by atoms with Gasteiger partial charge in [0.15, 0.2) is 0 Å². The first-order valence-corrected chi connectivity index (χ1v) is 6.61. The summed E-state index contributed by atoms with van der Waals surface area (Å²) in [5, 5.41) is 14.3. The maximum Gasteiger partial charge on any atom is 0.124 e. The van der Waals surface area contributed by atoms with Crippen molar-refractivity contribution in [3.8, 4) is 5.75 Å². The van der Waals surface area contributed by atoms with Gasteiger partial charge in [0, 0.05) is 17.2 Å². The molecule has 3 nitrogen and oxygen atoms in total. The van der Waals surface area contributed by atoms with Gasteiger partial charge in [-0.15, -0.1) is 0 Å². The Kier molecular flexibility index (Phi) is 3.25. The molecular weight excluding hydrogens is 248 g/mol. The Morgan fingerprint density at radius 3 is 2.45 bits per heavy atom. The Bertz CT molecular complexity index is 674. The minimum absolute atomic E-state index is 0.132.